The molecule has 0 aliphatic carbocycles. The van der Waals surface area contributed by atoms with Crippen molar-refractivity contribution in [1.82, 2.24) is 9.88 Å². The molecule has 7 nitrogen and oxygen atoms in total. The van der Waals surface area contributed by atoms with Crippen molar-refractivity contribution in [2.24, 2.45) is 0 Å². The van der Waals surface area contributed by atoms with E-state index in [2.05, 4.69) is 4.98 Å². The molecule has 1 aromatic heterocycles. The Morgan fingerprint density at radius 3 is 2.45 bits per heavy atom. The van der Waals surface area contributed by atoms with Gasteiger partial charge >= 0.3 is 6.09 Å². The highest BCUT2D eigenvalue weighted by Gasteiger charge is 2.27. The lowest BCUT2D eigenvalue weighted by molar-refractivity contribution is 0.0205. The highest BCUT2D eigenvalue weighted by atomic mass is 32.2. The molecule has 1 aliphatic rings. The van der Waals surface area contributed by atoms with Crippen molar-refractivity contribution in [2.45, 2.75) is 56.6 Å². The predicted octanol–water partition coefficient (Wildman–Crippen LogP) is 4.18. The number of aromatic nitrogens is 1. The van der Waals surface area contributed by atoms with Gasteiger partial charge in [0.15, 0.2) is 9.84 Å². The number of sulfone groups is 1. The van der Waals surface area contributed by atoms with Crippen LogP contribution in [0.5, 0.6) is 5.75 Å². The maximum Gasteiger partial charge on any atom is 0.410 e. The SMILES string of the molecule is CC(C)(C)OC(=O)N1CCC(c2ccc(COc3cccc(S(C)(=O)=O)c3)nc2)CC1. The summed E-state index contributed by atoms with van der Waals surface area (Å²) in [5.74, 6) is 0.843. The minimum atomic E-state index is -3.27. The number of ether oxygens (including phenoxy) is 2. The molecule has 0 radical (unpaired) electrons. The van der Waals surface area contributed by atoms with Gasteiger partial charge in [-0.2, -0.15) is 0 Å². The Bertz CT molecular complexity index is 1010. The summed E-state index contributed by atoms with van der Waals surface area (Å²) in [6.45, 7) is 7.21. The van der Waals surface area contributed by atoms with Crippen molar-refractivity contribution in [3.05, 3.63) is 53.9 Å². The summed E-state index contributed by atoms with van der Waals surface area (Å²) in [6.07, 6.45) is 4.52. The van der Waals surface area contributed by atoms with Gasteiger partial charge in [0.25, 0.3) is 0 Å². The summed E-state index contributed by atoms with van der Waals surface area (Å²) in [7, 11) is -3.27. The summed E-state index contributed by atoms with van der Waals surface area (Å²) in [5.41, 5.74) is 1.42. The molecule has 1 aliphatic heterocycles. The normalized spacial score (nSPS) is 15.5. The lowest BCUT2D eigenvalue weighted by Gasteiger charge is -2.33. The number of likely N-dealkylation sites (tertiary alicyclic amines) is 1. The molecular formula is C23H30N2O5S. The fraction of sp³-hybridized carbons (Fsp3) is 0.478. The molecule has 0 saturated carbocycles. The largest absolute Gasteiger partial charge is 0.487 e. The second-order valence-electron chi connectivity index (χ2n) is 8.86. The van der Waals surface area contributed by atoms with E-state index in [4.69, 9.17) is 9.47 Å². The van der Waals surface area contributed by atoms with Gasteiger partial charge in [-0.3, -0.25) is 4.98 Å². The quantitative estimate of drug-likeness (QED) is 0.685. The Labute approximate surface area is 184 Å². The molecule has 1 aromatic carbocycles. The van der Waals surface area contributed by atoms with Crippen LogP contribution >= 0.6 is 0 Å². The molecule has 0 spiro atoms. The third-order valence-corrected chi connectivity index (χ3v) is 6.20. The van der Waals surface area contributed by atoms with E-state index >= 15 is 0 Å². The van der Waals surface area contributed by atoms with Gasteiger partial charge in [-0.15, -0.1) is 0 Å². The maximum absolute atomic E-state index is 12.2. The van der Waals surface area contributed by atoms with Crippen molar-refractivity contribution in [1.29, 1.82) is 0 Å². The van der Waals surface area contributed by atoms with Gasteiger partial charge in [-0.1, -0.05) is 12.1 Å². The summed E-state index contributed by atoms with van der Waals surface area (Å²) in [5, 5.41) is 0. The summed E-state index contributed by atoms with van der Waals surface area (Å²) in [6, 6.07) is 10.4. The van der Waals surface area contributed by atoms with E-state index in [0.29, 0.717) is 24.8 Å². The Morgan fingerprint density at radius 1 is 1.16 bits per heavy atom. The Balaban J connectivity index is 1.53. The number of nitrogens with zero attached hydrogens (tertiary/aromatic N) is 2. The molecular weight excluding hydrogens is 416 g/mol. The number of piperidine rings is 1. The highest BCUT2D eigenvalue weighted by Crippen LogP contribution is 2.28. The molecule has 2 aromatic rings. The minimum absolute atomic E-state index is 0.228. The molecule has 3 rings (SSSR count). The molecule has 168 valence electrons. The van der Waals surface area contributed by atoms with E-state index in [0.717, 1.165) is 24.1 Å². The van der Waals surface area contributed by atoms with Crippen molar-refractivity contribution in [2.75, 3.05) is 19.3 Å². The van der Waals surface area contributed by atoms with Gasteiger partial charge in [0.2, 0.25) is 0 Å². The van der Waals surface area contributed by atoms with Gasteiger partial charge in [0.1, 0.15) is 18.0 Å². The second-order valence-corrected chi connectivity index (χ2v) is 10.9. The van der Waals surface area contributed by atoms with Gasteiger partial charge < -0.3 is 14.4 Å². The first-order chi connectivity index (χ1) is 14.5. The predicted molar refractivity (Wildman–Crippen MR) is 118 cm³/mol. The minimum Gasteiger partial charge on any atom is -0.487 e. The monoisotopic (exact) mass is 446 g/mol. The highest BCUT2D eigenvalue weighted by molar-refractivity contribution is 7.90. The smallest absolute Gasteiger partial charge is 0.410 e. The van der Waals surface area contributed by atoms with Crippen LogP contribution < -0.4 is 4.74 Å². The van der Waals surface area contributed by atoms with E-state index in [-0.39, 0.29) is 17.6 Å². The summed E-state index contributed by atoms with van der Waals surface area (Å²) >= 11 is 0. The Morgan fingerprint density at radius 2 is 1.87 bits per heavy atom. The zero-order chi connectivity index (χ0) is 22.6. The average Bonchev–Trinajstić information content (AvgIpc) is 2.71. The Kier molecular flexibility index (Phi) is 6.89. The first-order valence-corrected chi connectivity index (χ1v) is 12.3. The molecule has 0 N–H and O–H groups in total. The molecule has 2 heterocycles. The first-order valence-electron chi connectivity index (χ1n) is 10.4. The van der Waals surface area contributed by atoms with Gasteiger partial charge in [-0.05, 0) is 69.4 Å². The van der Waals surface area contributed by atoms with Crippen LogP contribution in [0.2, 0.25) is 0 Å². The van der Waals surface area contributed by atoms with E-state index < -0.39 is 15.4 Å². The van der Waals surface area contributed by atoms with Crippen LogP contribution in [0.4, 0.5) is 4.79 Å². The summed E-state index contributed by atoms with van der Waals surface area (Å²) in [4.78, 5) is 18.7. The lowest BCUT2D eigenvalue weighted by atomic mass is 9.90. The number of carbonyl (C=O) groups is 1. The van der Waals surface area contributed by atoms with Crippen LogP contribution in [-0.2, 0) is 21.2 Å². The van der Waals surface area contributed by atoms with Crippen LogP contribution in [0.25, 0.3) is 0 Å². The third kappa shape index (κ3) is 6.69. The van der Waals surface area contributed by atoms with Crippen molar-refractivity contribution in [3.63, 3.8) is 0 Å². The molecule has 1 amide bonds. The number of carbonyl (C=O) groups excluding carboxylic acids is 1. The standard InChI is InChI=1S/C23H30N2O5S/c1-23(2,3)30-22(26)25-12-10-17(11-13-25)18-8-9-19(24-15-18)16-29-20-6-5-7-21(14-20)31(4,27)28/h5-9,14-15,17H,10-13,16H2,1-4H3. The molecule has 0 unspecified atom stereocenters. The van der Waals surface area contributed by atoms with E-state index in [1.165, 1.54) is 12.3 Å². The fourth-order valence-electron chi connectivity index (χ4n) is 3.44. The summed E-state index contributed by atoms with van der Waals surface area (Å²) < 4.78 is 34.5. The van der Waals surface area contributed by atoms with Gasteiger partial charge in [0.05, 0.1) is 10.6 Å². The fourth-order valence-corrected chi connectivity index (χ4v) is 4.09. The van der Waals surface area contributed by atoms with Crippen LogP contribution in [0, 0.1) is 0 Å². The third-order valence-electron chi connectivity index (χ3n) is 5.09. The first kappa shape index (κ1) is 23.1. The van der Waals surface area contributed by atoms with Crippen LogP contribution in [-0.4, -0.2) is 49.3 Å². The molecule has 1 saturated heterocycles. The Hall–Kier alpha value is -2.61. The number of benzene rings is 1. The number of amides is 1. The van der Waals surface area contributed by atoms with E-state index in [1.807, 2.05) is 39.1 Å². The molecule has 8 heteroatoms. The zero-order valence-electron chi connectivity index (χ0n) is 18.5. The van der Waals surface area contributed by atoms with Gasteiger partial charge in [-0.25, -0.2) is 13.2 Å². The number of rotatable bonds is 5. The van der Waals surface area contributed by atoms with Crippen LogP contribution in [0.1, 0.15) is 50.8 Å². The number of pyridine rings is 1. The van der Waals surface area contributed by atoms with E-state index in [1.54, 1.807) is 23.1 Å². The number of hydrogen-bond acceptors (Lipinski definition) is 6. The molecule has 0 atom stereocenters. The molecule has 31 heavy (non-hydrogen) atoms. The maximum atomic E-state index is 12.2. The van der Waals surface area contributed by atoms with E-state index in [9.17, 15) is 13.2 Å². The van der Waals surface area contributed by atoms with Crippen molar-refractivity contribution >= 4 is 15.9 Å². The lowest BCUT2D eigenvalue weighted by Crippen LogP contribution is -2.41. The zero-order valence-corrected chi connectivity index (χ0v) is 19.3. The topological polar surface area (TPSA) is 85.8 Å². The molecule has 1 fully saturated rings. The van der Waals surface area contributed by atoms with Crippen molar-refractivity contribution < 1.29 is 22.7 Å². The van der Waals surface area contributed by atoms with Crippen LogP contribution in [0.3, 0.4) is 0 Å². The van der Waals surface area contributed by atoms with Crippen molar-refractivity contribution in [3.8, 4) is 5.75 Å². The second kappa shape index (κ2) is 9.26. The van der Waals surface area contributed by atoms with Gasteiger partial charge in [0, 0.05) is 25.5 Å². The number of hydrogen-bond donors (Lipinski definition) is 0. The average molecular weight is 447 g/mol. The van der Waals surface area contributed by atoms with Crippen LogP contribution in [0.15, 0.2) is 47.5 Å². The molecule has 0 bridgehead atoms.